The molecule has 0 radical (unpaired) electrons. The third kappa shape index (κ3) is 2.92. The fraction of sp³-hybridized carbons (Fsp3) is 0.455. The van der Waals surface area contributed by atoms with Gasteiger partial charge in [0.15, 0.2) is 0 Å². The van der Waals surface area contributed by atoms with Gasteiger partial charge in [-0.25, -0.2) is 0 Å². The average Bonchev–Trinajstić information content (AvgIpc) is 2.19. The van der Waals surface area contributed by atoms with E-state index in [4.69, 9.17) is 9.47 Å². The largest absolute Gasteiger partial charge is 0.494 e. The van der Waals surface area contributed by atoms with Crippen LogP contribution in [0, 0.1) is 6.92 Å². The van der Waals surface area contributed by atoms with Crippen molar-refractivity contribution >= 4 is 5.69 Å². The molecule has 0 unspecified atom stereocenters. The van der Waals surface area contributed by atoms with Gasteiger partial charge in [-0.3, -0.25) is 0 Å². The average molecular weight is 195 g/mol. The molecule has 3 nitrogen and oxygen atoms in total. The van der Waals surface area contributed by atoms with Crippen LogP contribution in [-0.2, 0) is 4.74 Å². The molecular formula is C11H17NO2. The summed E-state index contributed by atoms with van der Waals surface area (Å²) in [5.74, 6) is 0.940. The van der Waals surface area contributed by atoms with Crippen molar-refractivity contribution in [1.82, 2.24) is 0 Å². The first-order chi connectivity index (χ1) is 6.77. The van der Waals surface area contributed by atoms with Crippen molar-refractivity contribution in [2.75, 3.05) is 25.8 Å². The Kier molecular flexibility index (Phi) is 4.26. The van der Waals surface area contributed by atoms with Gasteiger partial charge < -0.3 is 14.8 Å². The van der Waals surface area contributed by atoms with E-state index in [0.717, 1.165) is 17.0 Å². The molecule has 0 aliphatic heterocycles. The maximum atomic E-state index is 5.44. The van der Waals surface area contributed by atoms with Crippen molar-refractivity contribution in [3.05, 3.63) is 23.8 Å². The quantitative estimate of drug-likeness (QED) is 0.732. The maximum absolute atomic E-state index is 5.44. The van der Waals surface area contributed by atoms with Gasteiger partial charge in [0.05, 0.1) is 6.61 Å². The van der Waals surface area contributed by atoms with E-state index < -0.39 is 0 Å². The van der Waals surface area contributed by atoms with Crippen molar-refractivity contribution < 1.29 is 9.47 Å². The molecule has 0 amide bonds. The molecule has 1 aromatic carbocycles. The predicted molar refractivity (Wildman–Crippen MR) is 57.8 cm³/mol. The molecule has 0 heterocycles. The minimum Gasteiger partial charge on any atom is -0.494 e. The molecule has 0 aromatic heterocycles. The number of hydrogen-bond donors (Lipinski definition) is 1. The van der Waals surface area contributed by atoms with Crippen molar-refractivity contribution in [2.24, 2.45) is 0 Å². The molecule has 1 N–H and O–H groups in total. The molecule has 1 rings (SSSR count). The molecule has 3 heteroatoms. The van der Waals surface area contributed by atoms with Crippen LogP contribution < -0.4 is 10.1 Å². The summed E-state index contributed by atoms with van der Waals surface area (Å²) in [5, 5.41) is 3.13. The highest BCUT2D eigenvalue weighted by Gasteiger charge is 1.99. The van der Waals surface area contributed by atoms with E-state index in [1.165, 1.54) is 0 Å². The molecule has 0 saturated heterocycles. The van der Waals surface area contributed by atoms with Gasteiger partial charge in [-0.1, -0.05) is 0 Å². The molecule has 0 bridgehead atoms. The Labute approximate surface area is 85.0 Å². The van der Waals surface area contributed by atoms with Gasteiger partial charge in [0.25, 0.3) is 0 Å². The Hall–Kier alpha value is -1.22. The molecule has 0 saturated carbocycles. The van der Waals surface area contributed by atoms with E-state index in [1.54, 1.807) is 7.11 Å². The first-order valence-corrected chi connectivity index (χ1v) is 4.74. The normalized spacial score (nSPS) is 9.93. The summed E-state index contributed by atoms with van der Waals surface area (Å²) in [5.41, 5.74) is 2.18. The van der Waals surface area contributed by atoms with Crippen LogP contribution in [-0.4, -0.2) is 20.4 Å². The summed E-state index contributed by atoms with van der Waals surface area (Å²) in [6, 6.07) is 6.00. The molecule has 78 valence electrons. The standard InChI is InChI=1S/C11H17NO2/c1-4-14-11-6-5-10(7-9(11)2)12-8-13-3/h5-7,12H,4,8H2,1-3H3. The second-order valence-electron chi connectivity index (χ2n) is 3.02. The molecule has 0 spiro atoms. The molecule has 0 aliphatic rings. The summed E-state index contributed by atoms with van der Waals surface area (Å²) in [4.78, 5) is 0. The number of rotatable bonds is 5. The summed E-state index contributed by atoms with van der Waals surface area (Å²) < 4.78 is 10.4. The number of hydrogen-bond acceptors (Lipinski definition) is 3. The van der Waals surface area contributed by atoms with Crippen LogP contribution in [0.2, 0.25) is 0 Å². The molecule has 0 aliphatic carbocycles. The van der Waals surface area contributed by atoms with Gasteiger partial charge in [0.2, 0.25) is 0 Å². The summed E-state index contributed by atoms with van der Waals surface area (Å²) in [7, 11) is 1.66. The van der Waals surface area contributed by atoms with Gasteiger partial charge in [0.1, 0.15) is 12.5 Å². The Morgan fingerprint density at radius 1 is 1.36 bits per heavy atom. The predicted octanol–water partition coefficient (Wildman–Crippen LogP) is 2.41. The lowest BCUT2D eigenvalue weighted by molar-refractivity contribution is 0.221. The van der Waals surface area contributed by atoms with Crippen molar-refractivity contribution in [2.45, 2.75) is 13.8 Å². The number of benzene rings is 1. The molecule has 0 atom stereocenters. The van der Waals surface area contributed by atoms with Gasteiger partial charge in [-0.05, 0) is 37.6 Å². The molecule has 1 aromatic rings. The number of methoxy groups -OCH3 is 1. The van der Waals surface area contributed by atoms with E-state index in [2.05, 4.69) is 5.32 Å². The minimum atomic E-state index is 0.521. The smallest absolute Gasteiger partial charge is 0.122 e. The Morgan fingerprint density at radius 2 is 2.14 bits per heavy atom. The van der Waals surface area contributed by atoms with E-state index >= 15 is 0 Å². The van der Waals surface area contributed by atoms with Crippen molar-refractivity contribution in [3.63, 3.8) is 0 Å². The zero-order valence-electron chi connectivity index (χ0n) is 8.96. The first kappa shape index (κ1) is 10.9. The monoisotopic (exact) mass is 195 g/mol. The van der Waals surface area contributed by atoms with E-state index in [9.17, 15) is 0 Å². The SMILES string of the molecule is CCOc1ccc(NCOC)cc1C. The van der Waals surface area contributed by atoms with Gasteiger partial charge in [-0.15, -0.1) is 0 Å². The molecule has 0 fully saturated rings. The van der Waals surface area contributed by atoms with Crippen LogP contribution in [0.4, 0.5) is 5.69 Å². The number of anilines is 1. The third-order valence-corrected chi connectivity index (χ3v) is 1.90. The lowest BCUT2D eigenvalue weighted by Gasteiger charge is -2.10. The zero-order valence-corrected chi connectivity index (χ0v) is 8.96. The summed E-state index contributed by atoms with van der Waals surface area (Å²) in [6.45, 7) is 5.23. The Bertz CT molecular complexity index is 287. The molecular weight excluding hydrogens is 178 g/mol. The maximum Gasteiger partial charge on any atom is 0.122 e. The Morgan fingerprint density at radius 3 is 2.71 bits per heavy atom. The van der Waals surface area contributed by atoms with Gasteiger partial charge >= 0.3 is 0 Å². The van der Waals surface area contributed by atoms with Crippen LogP contribution >= 0.6 is 0 Å². The van der Waals surface area contributed by atoms with Crippen LogP contribution in [0.15, 0.2) is 18.2 Å². The van der Waals surface area contributed by atoms with E-state index in [-0.39, 0.29) is 0 Å². The van der Waals surface area contributed by atoms with Crippen LogP contribution in [0.5, 0.6) is 5.75 Å². The third-order valence-electron chi connectivity index (χ3n) is 1.90. The van der Waals surface area contributed by atoms with Crippen molar-refractivity contribution in [3.8, 4) is 5.75 Å². The minimum absolute atomic E-state index is 0.521. The number of aryl methyl sites for hydroxylation is 1. The molecule has 14 heavy (non-hydrogen) atoms. The number of nitrogens with one attached hydrogen (secondary N) is 1. The van der Waals surface area contributed by atoms with Crippen molar-refractivity contribution in [1.29, 1.82) is 0 Å². The zero-order chi connectivity index (χ0) is 10.4. The Balaban J connectivity index is 2.68. The van der Waals surface area contributed by atoms with E-state index in [1.807, 2.05) is 32.0 Å². The van der Waals surface area contributed by atoms with Crippen LogP contribution in [0.25, 0.3) is 0 Å². The van der Waals surface area contributed by atoms with Crippen LogP contribution in [0.1, 0.15) is 12.5 Å². The summed E-state index contributed by atoms with van der Waals surface area (Å²) in [6.07, 6.45) is 0. The highest BCUT2D eigenvalue weighted by atomic mass is 16.5. The second kappa shape index (κ2) is 5.50. The lowest BCUT2D eigenvalue weighted by atomic mass is 10.2. The van der Waals surface area contributed by atoms with Gasteiger partial charge in [-0.2, -0.15) is 0 Å². The number of ether oxygens (including phenoxy) is 2. The summed E-state index contributed by atoms with van der Waals surface area (Å²) >= 11 is 0. The fourth-order valence-electron chi connectivity index (χ4n) is 1.23. The van der Waals surface area contributed by atoms with E-state index in [0.29, 0.717) is 13.3 Å². The van der Waals surface area contributed by atoms with Gasteiger partial charge in [0, 0.05) is 12.8 Å². The van der Waals surface area contributed by atoms with Crippen LogP contribution in [0.3, 0.4) is 0 Å². The highest BCUT2D eigenvalue weighted by molar-refractivity contribution is 5.50. The lowest BCUT2D eigenvalue weighted by Crippen LogP contribution is -2.03. The highest BCUT2D eigenvalue weighted by Crippen LogP contribution is 2.21. The first-order valence-electron chi connectivity index (χ1n) is 4.74. The second-order valence-corrected chi connectivity index (χ2v) is 3.02. The topological polar surface area (TPSA) is 30.5 Å². The fourth-order valence-corrected chi connectivity index (χ4v) is 1.23.